The van der Waals surface area contributed by atoms with Crippen LogP contribution in [0, 0.1) is 0 Å². The van der Waals surface area contributed by atoms with E-state index in [-0.39, 0.29) is 12.0 Å². The number of nitrogens with zero attached hydrogens (tertiary/aromatic N) is 1. The van der Waals surface area contributed by atoms with Gasteiger partial charge in [-0.15, -0.1) is 0 Å². The van der Waals surface area contributed by atoms with Crippen molar-refractivity contribution in [3.63, 3.8) is 0 Å². The summed E-state index contributed by atoms with van der Waals surface area (Å²) in [5.41, 5.74) is 1.85. The quantitative estimate of drug-likeness (QED) is 0.841. The number of anilines is 2. The van der Waals surface area contributed by atoms with Gasteiger partial charge in [-0.3, -0.25) is 4.79 Å². The van der Waals surface area contributed by atoms with Crippen LogP contribution in [0.15, 0.2) is 42.6 Å². The Labute approximate surface area is 146 Å². The van der Waals surface area contributed by atoms with Gasteiger partial charge in [0.05, 0.1) is 11.9 Å². The first-order chi connectivity index (χ1) is 11.7. The fourth-order valence-corrected chi connectivity index (χ4v) is 2.82. The third-order valence-electron chi connectivity index (χ3n) is 3.86. The van der Waals surface area contributed by atoms with Gasteiger partial charge in [0.15, 0.2) is 0 Å². The number of carbonyl (C=O) groups is 1. The van der Waals surface area contributed by atoms with E-state index in [9.17, 15) is 4.79 Å². The molecule has 0 bridgehead atoms. The zero-order valence-corrected chi connectivity index (χ0v) is 14.1. The standard InChI is InChI=1S/C18H20ClN3O2/c19-14-4-1-3-13(11-14)8-9-20-17-7-6-15(12-21-17)22-18(23)16-5-2-10-24-16/h1,3-4,6-7,11-12,16H,2,5,8-10H2,(H,20,21)(H,22,23). The number of nitrogens with one attached hydrogen (secondary N) is 2. The summed E-state index contributed by atoms with van der Waals surface area (Å²) in [4.78, 5) is 16.3. The molecule has 1 aromatic heterocycles. The third-order valence-corrected chi connectivity index (χ3v) is 4.10. The fourth-order valence-electron chi connectivity index (χ4n) is 2.61. The lowest BCUT2D eigenvalue weighted by Crippen LogP contribution is -2.26. The van der Waals surface area contributed by atoms with Gasteiger partial charge in [-0.2, -0.15) is 0 Å². The van der Waals surface area contributed by atoms with Gasteiger partial charge in [0.25, 0.3) is 5.91 Å². The largest absolute Gasteiger partial charge is 0.370 e. The fraction of sp³-hybridized carbons (Fsp3) is 0.333. The Balaban J connectivity index is 1.46. The highest BCUT2D eigenvalue weighted by molar-refractivity contribution is 6.30. The van der Waals surface area contributed by atoms with Gasteiger partial charge in [0, 0.05) is 18.2 Å². The van der Waals surface area contributed by atoms with Crippen molar-refractivity contribution in [2.75, 3.05) is 23.8 Å². The molecule has 0 radical (unpaired) electrons. The highest BCUT2D eigenvalue weighted by atomic mass is 35.5. The average molecular weight is 346 g/mol. The second-order valence-electron chi connectivity index (χ2n) is 5.73. The summed E-state index contributed by atoms with van der Waals surface area (Å²) in [7, 11) is 0. The molecule has 2 N–H and O–H groups in total. The lowest BCUT2D eigenvalue weighted by atomic mass is 10.1. The van der Waals surface area contributed by atoms with E-state index in [2.05, 4.69) is 15.6 Å². The number of hydrogen-bond donors (Lipinski definition) is 2. The van der Waals surface area contributed by atoms with E-state index in [1.165, 1.54) is 5.56 Å². The van der Waals surface area contributed by atoms with Crippen molar-refractivity contribution < 1.29 is 9.53 Å². The predicted octanol–water partition coefficient (Wildman–Crippen LogP) is 3.51. The summed E-state index contributed by atoms with van der Waals surface area (Å²) in [5, 5.41) is 6.83. The minimum atomic E-state index is -0.333. The van der Waals surface area contributed by atoms with Crippen molar-refractivity contribution in [1.29, 1.82) is 0 Å². The topological polar surface area (TPSA) is 63.2 Å². The molecular formula is C18H20ClN3O2. The van der Waals surface area contributed by atoms with E-state index in [1.54, 1.807) is 6.20 Å². The number of rotatable bonds is 6. The molecule has 126 valence electrons. The Bertz CT molecular complexity index is 685. The molecule has 2 aromatic rings. The van der Waals surface area contributed by atoms with Gasteiger partial charge >= 0.3 is 0 Å². The molecule has 5 nitrogen and oxygen atoms in total. The molecule has 1 aliphatic rings. The minimum absolute atomic E-state index is 0.101. The molecule has 1 atom stereocenters. The maximum absolute atomic E-state index is 12.0. The number of ether oxygens (including phenoxy) is 1. The number of benzene rings is 1. The van der Waals surface area contributed by atoms with E-state index in [1.807, 2.05) is 36.4 Å². The van der Waals surface area contributed by atoms with Gasteiger partial charge in [0.2, 0.25) is 0 Å². The average Bonchev–Trinajstić information content (AvgIpc) is 3.11. The number of pyridine rings is 1. The maximum Gasteiger partial charge on any atom is 0.253 e. The van der Waals surface area contributed by atoms with Crippen LogP contribution >= 0.6 is 11.6 Å². The molecule has 1 aliphatic heterocycles. The molecule has 3 rings (SSSR count). The zero-order chi connectivity index (χ0) is 16.8. The van der Waals surface area contributed by atoms with Gasteiger partial charge in [-0.05, 0) is 49.1 Å². The first-order valence-corrected chi connectivity index (χ1v) is 8.45. The van der Waals surface area contributed by atoms with Crippen molar-refractivity contribution in [3.8, 4) is 0 Å². The lowest BCUT2D eigenvalue weighted by molar-refractivity contribution is -0.124. The van der Waals surface area contributed by atoms with Crippen LogP contribution in [0.25, 0.3) is 0 Å². The Morgan fingerprint density at radius 3 is 2.96 bits per heavy atom. The first kappa shape index (κ1) is 16.7. The second-order valence-corrected chi connectivity index (χ2v) is 6.17. The van der Waals surface area contributed by atoms with Crippen LogP contribution in [0.1, 0.15) is 18.4 Å². The molecule has 0 saturated carbocycles. The summed E-state index contributed by atoms with van der Waals surface area (Å²) in [5.74, 6) is 0.670. The van der Waals surface area contributed by atoms with Crippen LogP contribution in [0.3, 0.4) is 0 Å². The van der Waals surface area contributed by atoms with Gasteiger partial charge < -0.3 is 15.4 Å². The van der Waals surface area contributed by atoms with Gasteiger partial charge in [0.1, 0.15) is 11.9 Å². The molecular weight excluding hydrogens is 326 g/mol. The van der Waals surface area contributed by atoms with Crippen LogP contribution in [-0.2, 0) is 16.0 Å². The highest BCUT2D eigenvalue weighted by Crippen LogP contribution is 2.16. The maximum atomic E-state index is 12.0. The first-order valence-electron chi connectivity index (χ1n) is 8.07. The SMILES string of the molecule is O=C(Nc1ccc(NCCc2cccc(Cl)c2)nc1)C1CCCO1. The summed E-state index contributed by atoms with van der Waals surface area (Å²) in [6.07, 6.45) is 3.89. The number of carbonyl (C=O) groups excluding carboxylic acids is 1. The molecule has 1 fully saturated rings. The van der Waals surface area contributed by atoms with Gasteiger partial charge in [-0.1, -0.05) is 23.7 Å². The zero-order valence-electron chi connectivity index (χ0n) is 13.3. The van der Waals surface area contributed by atoms with Crippen LogP contribution in [0.2, 0.25) is 5.02 Å². The molecule has 1 saturated heterocycles. The summed E-state index contributed by atoms with van der Waals surface area (Å²) in [6, 6.07) is 11.5. The van der Waals surface area contributed by atoms with Gasteiger partial charge in [-0.25, -0.2) is 4.98 Å². The van der Waals surface area contributed by atoms with Crippen LogP contribution in [-0.4, -0.2) is 30.1 Å². The van der Waals surface area contributed by atoms with Crippen molar-refractivity contribution in [2.24, 2.45) is 0 Å². The van der Waals surface area contributed by atoms with E-state index < -0.39 is 0 Å². The molecule has 0 aliphatic carbocycles. The smallest absolute Gasteiger partial charge is 0.253 e. The van der Waals surface area contributed by atoms with E-state index in [0.29, 0.717) is 12.3 Å². The monoisotopic (exact) mass is 345 g/mol. The lowest BCUT2D eigenvalue weighted by Gasteiger charge is -2.11. The molecule has 6 heteroatoms. The Morgan fingerprint density at radius 1 is 1.33 bits per heavy atom. The van der Waals surface area contributed by atoms with E-state index in [0.717, 1.165) is 36.6 Å². The van der Waals surface area contributed by atoms with Crippen molar-refractivity contribution in [3.05, 3.63) is 53.2 Å². The normalized spacial score (nSPS) is 16.8. The highest BCUT2D eigenvalue weighted by Gasteiger charge is 2.23. The van der Waals surface area contributed by atoms with Crippen molar-refractivity contribution in [1.82, 2.24) is 4.98 Å². The van der Waals surface area contributed by atoms with Crippen LogP contribution in [0.4, 0.5) is 11.5 Å². The van der Waals surface area contributed by atoms with Crippen LogP contribution < -0.4 is 10.6 Å². The van der Waals surface area contributed by atoms with Crippen molar-refractivity contribution in [2.45, 2.75) is 25.4 Å². The molecule has 1 amide bonds. The number of aromatic nitrogens is 1. The second kappa shape index (κ2) is 8.13. The Morgan fingerprint density at radius 2 is 2.25 bits per heavy atom. The Hall–Kier alpha value is -2.11. The Kier molecular flexibility index (Phi) is 5.67. The molecule has 24 heavy (non-hydrogen) atoms. The van der Waals surface area contributed by atoms with E-state index >= 15 is 0 Å². The van der Waals surface area contributed by atoms with Crippen LogP contribution in [0.5, 0.6) is 0 Å². The van der Waals surface area contributed by atoms with Crippen molar-refractivity contribution >= 4 is 29.0 Å². The molecule has 1 unspecified atom stereocenters. The third kappa shape index (κ3) is 4.69. The molecule has 1 aromatic carbocycles. The number of amides is 1. The summed E-state index contributed by atoms with van der Waals surface area (Å²) < 4.78 is 5.36. The predicted molar refractivity (Wildman–Crippen MR) is 95.5 cm³/mol. The number of halogens is 1. The molecule has 0 spiro atoms. The molecule has 2 heterocycles. The minimum Gasteiger partial charge on any atom is -0.370 e. The number of hydrogen-bond acceptors (Lipinski definition) is 4. The van der Waals surface area contributed by atoms with E-state index in [4.69, 9.17) is 16.3 Å². The summed E-state index contributed by atoms with van der Waals surface area (Å²) >= 11 is 5.97. The summed E-state index contributed by atoms with van der Waals surface area (Å²) in [6.45, 7) is 1.42.